The molecular weight excluding hydrogens is 214 g/mol. The molecule has 0 spiro atoms. The Kier molecular flexibility index (Phi) is 2.84. The predicted octanol–water partition coefficient (Wildman–Crippen LogP) is 3.04. The van der Waals surface area contributed by atoms with Crippen molar-refractivity contribution in [1.29, 1.82) is 0 Å². The number of carbonyl (C=O) groups is 1. The van der Waals surface area contributed by atoms with Gasteiger partial charge in [-0.15, -0.1) is 0 Å². The molecule has 1 heterocycles. The van der Waals surface area contributed by atoms with Gasteiger partial charge < -0.3 is 5.11 Å². The fourth-order valence-corrected chi connectivity index (χ4v) is 1.88. The second-order valence-corrected chi connectivity index (χ2v) is 4.44. The monoisotopic (exact) mass is 229 g/mol. The topological polar surface area (TPSA) is 50.2 Å². The average molecular weight is 229 g/mol. The van der Waals surface area contributed by atoms with E-state index in [4.69, 9.17) is 5.11 Å². The number of benzene rings is 1. The minimum absolute atomic E-state index is 0.570. The van der Waals surface area contributed by atoms with Crippen LogP contribution in [0.2, 0.25) is 0 Å². The molecule has 1 aromatic carbocycles. The third kappa shape index (κ3) is 2.13. The lowest BCUT2D eigenvalue weighted by Gasteiger charge is -2.10. The third-order valence-corrected chi connectivity index (χ3v) is 3.00. The molecule has 0 radical (unpaired) electrons. The van der Waals surface area contributed by atoms with Crippen LogP contribution >= 0.6 is 0 Å². The molecule has 1 unspecified atom stereocenters. The van der Waals surface area contributed by atoms with Crippen molar-refractivity contribution < 1.29 is 9.90 Å². The highest BCUT2D eigenvalue weighted by atomic mass is 16.4. The maximum atomic E-state index is 11.0. The van der Waals surface area contributed by atoms with Gasteiger partial charge in [-0.05, 0) is 44.5 Å². The number of nitrogens with zero attached hydrogens (tertiary/aromatic N) is 1. The van der Waals surface area contributed by atoms with E-state index < -0.39 is 11.9 Å². The van der Waals surface area contributed by atoms with Gasteiger partial charge in [0.15, 0.2) is 0 Å². The fourth-order valence-electron chi connectivity index (χ4n) is 1.88. The summed E-state index contributed by atoms with van der Waals surface area (Å²) in [7, 11) is 0. The SMILES string of the molecule is Cc1ccc2nc(C(C)C(=O)O)cc(C)c2c1. The number of aliphatic carboxylic acids is 1. The summed E-state index contributed by atoms with van der Waals surface area (Å²) in [5.41, 5.74) is 3.73. The van der Waals surface area contributed by atoms with E-state index in [1.807, 2.05) is 32.0 Å². The Morgan fingerprint density at radius 2 is 2.00 bits per heavy atom. The highest BCUT2D eigenvalue weighted by Gasteiger charge is 2.16. The zero-order valence-corrected chi connectivity index (χ0v) is 10.2. The molecule has 1 aromatic heterocycles. The van der Waals surface area contributed by atoms with Crippen LogP contribution < -0.4 is 0 Å². The molecule has 0 amide bonds. The molecule has 0 saturated heterocycles. The summed E-state index contributed by atoms with van der Waals surface area (Å²) in [6.07, 6.45) is 0. The maximum Gasteiger partial charge on any atom is 0.312 e. The molecule has 0 aliphatic heterocycles. The zero-order valence-electron chi connectivity index (χ0n) is 10.2. The van der Waals surface area contributed by atoms with Crippen molar-refractivity contribution in [1.82, 2.24) is 4.98 Å². The Morgan fingerprint density at radius 3 is 2.65 bits per heavy atom. The minimum atomic E-state index is -0.844. The van der Waals surface area contributed by atoms with Crippen LogP contribution in [0.1, 0.15) is 29.7 Å². The van der Waals surface area contributed by atoms with Gasteiger partial charge in [0.05, 0.1) is 17.1 Å². The first-order valence-corrected chi connectivity index (χ1v) is 5.60. The van der Waals surface area contributed by atoms with E-state index in [1.54, 1.807) is 6.92 Å². The summed E-state index contributed by atoms with van der Waals surface area (Å²) in [6, 6.07) is 7.87. The standard InChI is InChI=1S/C14H15NO2/c1-8-4-5-12-11(6-8)9(2)7-13(15-12)10(3)14(16)17/h4-7,10H,1-3H3,(H,16,17). The first-order valence-electron chi connectivity index (χ1n) is 5.60. The third-order valence-electron chi connectivity index (χ3n) is 3.00. The van der Waals surface area contributed by atoms with Crippen LogP contribution in [0, 0.1) is 13.8 Å². The smallest absolute Gasteiger partial charge is 0.312 e. The summed E-state index contributed by atoms with van der Waals surface area (Å²) in [4.78, 5) is 15.4. The van der Waals surface area contributed by atoms with Crippen LogP contribution in [0.4, 0.5) is 0 Å². The Balaban J connectivity index is 2.63. The maximum absolute atomic E-state index is 11.0. The van der Waals surface area contributed by atoms with E-state index in [2.05, 4.69) is 11.1 Å². The second-order valence-electron chi connectivity index (χ2n) is 4.44. The van der Waals surface area contributed by atoms with E-state index in [0.717, 1.165) is 16.5 Å². The molecule has 2 aromatic rings. The van der Waals surface area contributed by atoms with Gasteiger partial charge in [-0.1, -0.05) is 11.6 Å². The molecule has 1 atom stereocenters. The lowest BCUT2D eigenvalue weighted by atomic mass is 10.0. The Hall–Kier alpha value is -1.90. The van der Waals surface area contributed by atoms with E-state index in [-0.39, 0.29) is 0 Å². The number of hydrogen-bond acceptors (Lipinski definition) is 2. The van der Waals surface area contributed by atoms with Gasteiger partial charge in [0.25, 0.3) is 0 Å². The van der Waals surface area contributed by atoms with Crippen molar-refractivity contribution in [2.45, 2.75) is 26.7 Å². The lowest BCUT2D eigenvalue weighted by molar-refractivity contribution is -0.138. The van der Waals surface area contributed by atoms with Crippen LogP contribution in [-0.2, 0) is 4.79 Å². The van der Waals surface area contributed by atoms with E-state index >= 15 is 0 Å². The Labute approximate surface area is 100 Å². The molecule has 3 heteroatoms. The van der Waals surface area contributed by atoms with Gasteiger partial charge in [-0.25, -0.2) is 0 Å². The van der Waals surface area contributed by atoms with Crippen LogP contribution in [0.25, 0.3) is 10.9 Å². The lowest BCUT2D eigenvalue weighted by Crippen LogP contribution is -2.09. The van der Waals surface area contributed by atoms with Crippen molar-refractivity contribution in [2.24, 2.45) is 0 Å². The number of carboxylic acid groups (broad SMARTS) is 1. The van der Waals surface area contributed by atoms with Gasteiger partial charge >= 0.3 is 5.97 Å². The number of fused-ring (bicyclic) bond motifs is 1. The van der Waals surface area contributed by atoms with Gasteiger partial charge in [0.1, 0.15) is 0 Å². The fraction of sp³-hybridized carbons (Fsp3) is 0.286. The number of hydrogen-bond donors (Lipinski definition) is 1. The van der Waals surface area contributed by atoms with Gasteiger partial charge in [-0.2, -0.15) is 0 Å². The van der Waals surface area contributed by atoms with Gasteiger partial charge in [0.2, 0.25) is 0 Å². The molecule has 0 aliphatic rings. The molecule has 88 valence electrons. The highest BCUT2D eigenvalue weighted by molar-refractivity contribution is 5.84. The first-order chi connectivity index (χ1) is 7.99. The van der Waals surface area contributed by atoms with Crippen LogP contribution in [0.15, 0.2) is 24.3 Å². The van der Waals surface area contributed by atoms with Crippen molar-refractivity contribution in [3.8, 4) is 0 Å². The molecular formula is C14H15NO2. The molecule has 0 bridgehead atoms. The highest BCUT2D eigenvalue weighted by Crippen LogP contribution is 2.23. The summed E-state index contributed by atoms with van der Waals surface area (Å²) in [5.74, 6) is -1.41. The van der Waals surface area contributed by atoms with Crippen LogP contribution in [0.3, 0.4) is 0 Å². The molecule has 17 heavy (non-hydrogen) atoms. The van der Waals surface area contributed by atoms with Gasteiger partial charge in [0, 0.05) is 5.39 Å². The number of carboxylic acids is 1. The van der Waals surface area contributed by atoms with Gasteiger partial charge in [-0.3, -0.25) is 9.78 Å². The summed E-state index contributed by atoms with van der Waals surface area (Å²) >= 11 is 0. The number of rotatable bonds is 2. The quantitative estimate of drug-likeness (QED) is 0.861. The van der Waals surface area contributed by atoms with Crippen molar-refractivity contribution >= 4 is 16.9 Å². The molecule has 0 aliphatic carbocycles. The van der Waals surface area contributed by atoms with Crippen molar-refractivity contribution in [2.75, 3.05) is 0 Å². The van der Waals surface area contributed by atoms with E-state index in [0.29, 0.717) is 5.69 Å². The van der Waals surface area contributed by atoms with Crippen molar-refractivity contribution in [3.05, 3.63) is 41.1 Å². The molecule has 0 saturated carbocycles. The largest absolute Gasteiger partial charge is 0.481 e. The number of aryl methyl sites for hydroxylation is 2. The summed E-state index contributed by atoms with van der Waals surface area (Å²) in [5, 5.41) is 10.1. The Morgan fingerprint density at radius 1 is 1.29 bits per heavy atom. The summed E-state index contributed by atoms with van der Waals surface area (Å²) < 4.78 is 0. The molecule has 2 rings (SSSR count). The minimum Gasteiger partial charge on any atom is -0.481 e. The Bertz CT molecular complexity index is 590. The first kappa shape index (κ1) is 11.6. The van der Waals surface area contributed by atoms with Crippen molar-refractivity contribution in [3.63, 3.8) is 0 Å². The molecule has 3 nitrogen and oxygen atoms in total. The predicted molar refractivity (Wildman–Crippen MR) is 67.3 cm³/mol. The average Bonchev–Trinajstić information content (AvgIpc) is 2.28. The van der Waals surface area contributed by atoms with E-state index in [9.17, 15) is 4.79 Å². The summed E-state index contributed by atoms with van der Waals surface area (Å²) in [6.45, 7) is 5.68. The normalized spacial score (nSPS) is 12.6. The second kappa shape index (κ2) is 4.17. The van der Waals surface area contributed by atoms with E-state index in [1.165, 1.54) is 5.56 Å². The zero-order chi connectivity index (χ0) is 12.6. The molecule has 1 N–H and O–H groups in total. The van der Waals surface area contributed by atoms with Crippen LogP contribution in [0.5, 0.6) is 0 Å². The number of pyridine rings is 1. The van der Waals surface area contributed by atoms with Crippen LogP contribution in [-0.4, -0.2) is 16.1 Å². The number of aromatic nitrogens is 1. The molecule has 0 fully saturated rings.